The Morgan fingerprint density at radius 3 is 2.56 bits per heavy atom. The molecule has 1 aliphatic rings. The van der Waals surface area contributed by atoms with Gasteiger partial charge in [-0.2, -0.15) is 0 Å². The van der Waals surface area contributed by atoms with Gasteiger partial charge in [0.15, 0.2) is 17.5 Å². The van der Waals surface area contributed by atoms with Gasteiger partial charge < -0.3 is 9.47 Å². The van der Waals surface area contributed by atoms with E-state index in [1.807, 2.05) is 0 Å². The van der Waals surface area contributed by atoms with Crippen LogP contribution < -0.4 is 4.74 Å². The first-order chi connectivity index (χ1) is 12.9. The van der Waals surface area contributed by atoms with Gasteiger partial charge in [-0.1, -0.05) is 29.8 Å². The van der Waals surface area contributed by atoms with E-state index < -0.39 is 23.5 Å². The summed E-state index contributed by atoms with van der Waals surface area (Å²) >= 11 is 5.85. The molecule has 0 saturated carbocycles. The van der Waals surface area contributed by atoms with Crippen LogP contribution in [0, 0.1) is 5.92 Å². The van der Waals surface area contributed by atoms with Crippen molar-refractivity contribution >= 4 is 35.2 Å². The van der Waals surface area contributed by atoms with E-state index in [1.165, 1.54) is 19.1 Å². The summed E-state index contributed by atoms with van der Waals surface area (Å²) in [6.07, 6.45) is 3.86. The second-order valence-electron chi connectivity index (χ2n) is 5.88. The number of rotatable bonds is 5. The van der Waals surface area contributed by atoms with E-state index in [1.54, 1.807) is 48.5 Å². The Labute approximate surface area is 160 Å². The maximum Gasteiger partial charge on any atom is 0.329 e. The van der Waals surface area contributed by atoms with Crippen LogP contribution in [0.25, 0.3) is 6.08 Å². The number of allylic oxidation sites excluding steroid dienone is 3. The molecule has 136 valence electrons. The lowest BCUT2D eigenvalue weighted by Crippen LogP contribution is -2.34. The number of hydrogen-bond acceptors (Lipinski definition) is 5. The van der Waals surface area contributed by atoms with Gasteiger partial charge >= 0.3 is 5.97 Å². The van der Waals surface area contributed by atoms with Crippen LogP contribution in [0.15, 0.2) is 66.4 Å². The SMILES string of the molecule is CC1=CC(=O)C(C(=O)/C=C/c2cccc(Oc3ccc(Cl)cc3)c2)C(=O)O1. The van der Waals surface area contributed by atoms with Gasteiger partial charge in [0.1, 0.15) is 17.3 Å². The van der Waals surface area contributed by atoms with Gasteiger partial charge in [0, 0.05) is 11.1 Å². The third kappa shape index (κ3) is 4.71. The van der Waals surface area contributed by atoms with Crippen LogP contribution in [0.4, 0.5) is 0 Å². The monoisotopic (exact) mass is 382 g/mol. The lowest BCUT2D eigenvalue weighted by molar-refractivity contribution is -0.151. The molecule has 0 fully saturated rings. The molecule has 6 heteroatoms. The van der Waals surface area contributed by atoms with Gasteiger partial charge in [0.2, 0.25) is 0 Å². The van der Waals surface area contributed by atoms with Crippen molar-refractivity contribution in [2.24, 2.45) is 5.92 Å². The highest BCUT2D eigenvalue weighted by Gasteiger charge is 2.36. The standard InChI is InChI=1S/C21H15ClO5/c1-13-11-19(24)20(21(25)26-13)18(23)10-5-14-3-2-4-17(12-14)27-16-8-6-15(22)7-9-16/h2-12,20H,1H3/b10-5+. The molecular formula is C21H15ClO5. The Morgan fingerprint density at radius 2 is 1.85 bits per heavy atom. The highest BCUT2D eigenvalue weighted by molar-refractivity contribution is 6.30. The Bertz CT molecular complexity index is 957. The Balaban J connectivity index is 1.72. The van der Waals surface area contributed by atoms with Gasteiger partial charge in [-0.15, -0.1) is 0 Å². The topological polar surface area (TPSA) is 69.7 Å². The van der Waals surface area contributed by atoms with Crippen molar-refractivity contribution in [2.75, 3.05) is 0 Å². The van der Waals surface area contributed by atoms with E-state index in [0.717, 1.165) is 6.08 Å². The molecule has 0 aromatic heterocycles. The largest absolute Gasteiger partial charge is 0.457 e. The summed E-state index contributed by atoms with van der Waals surface area (Å²) in [6, 6.07) is 13.9. The molecule has 0 radical (unpaired) electrons. The number of esters is 1. The van der Waals surface area contributed by atoms with Gasteiger partial charge in [0.05, 0.1) is 0 Å². The van der Waals surface area contributed by atoms with Crippen molar-refractivity contribution in [3.63, 3.8) is 0 Å². The van der Waals surface area contributed by atoms with Crippen molar-refractivity contribution in [1.82, 2.24) is 0 Å². The average Bonchev–Trinajstić information content (AvgIpc) is 2.61. The predicted molar refractivity (Wildman–Crippen MR) is 100 cm³/mol. The Hall–Kier alpha value is -3.18. The summed E-state index contributed by atoms with van der Waals surface area (Å²) in [4.78, 5) is 35.9. The van der Waals surface area contributed by atoms with Crippen molar-refractivity contribution in [2.45, 2.75) is 6.92 Å². The van der Waals surface area contributed by atoms with Crippen molar-refractivity contribution in [3.05, 3.63) is 77.0 Å². The van der Waals surface area contributed by atoms with E-state index in [-0.39, 0.29) is 5.76 Å². The summed E-state index contributed by atoms with van der Waals surface area (Å²) in [5.74, 6) is -2.12. The number of halogens is 1. The van der Waals surface area contributed by atoms with Crippen LogP contribution in [0.5, 0.6) is 11.5 Å². The minimum absolute atomic E-state index is 0.185. The molecule has 0 bridgehead atoms. The zero-order chi connectivity index (χ0) is 19.4. The molecular weight excluding hydrogens is 368 g/mol. The molecule has 1 heterocycles. The van der Waals surface area contributed by atoms with E-state index in [4.69, 9.17) is 21.1 Å². The van der Waals surface area contributed by atoms with Crippen LogP contribution in [-0.4, -0.2) is 17.5 Å². The number of hydrogen-bond donors (Lipinski definition) is 0. The first-order valence-corrected chi connectivity index (χ1v) is 8.49. The molecule has 27 heavy (non-hydrogen) atoms. The second kappa shape index (κ2) is 8.01. The molecule has 5 nitrogen and oxygen atoms in total. The fourth-order valence-electron chi connectivity index (χ4n) is 2.50. The van der Waals surface area contributed by atoms with Gasteiger partial charge in [0.25, 0.3) is 0 Å². The molecule has 2 aromatic rings. The maximum atomic E-state index is 12.2. The fourth-order valence-corrected chi connectivity index (χ4v) is 2.62. The Morgan fingerprint density at radius 1 is 1.11 bits per heavy atom. The summed E-state index contributed by atoms with van der Waals surface area (Å²) in [7, 11) is 0. The summed E-state index contributed by atoms with van der Waals surface area (Å²) < 4.78 is 10.6. The van der Waals surface area contributed by atoms with Crippen molar-refractivity contribution in [1.29, 1.82) is 0 Å². The molecule has 0 spiro atoms. The van der Waals surface area contributed by atoms with Gasteiger partial charge in [-0.3, -0.25) is 14.4 Å². The van der Waals surface area contributed by atoms with Gasteiger partial charge in [-0.25, -0.2) is 0 Å². The first-order valence-electron chi connectivity index (χ1n) is 8.11. The molecule has 1 aliphatic heterocycles. The van der Waals surface area contributed by atoms with Crippen LogP contribution in [0.3, 0.4) is 0 Å². The smallest absolute Gasteiger partial charge is 0.329 e. The maximum absolute atomic E-state index is 12.2. The summed E-state index contributed by atoms with van der Waals surface area (Å²) in [5.41, 5.74) is 0.679. The zero-order valence-corrected chi connectivity index (χ0v) is 15.1. The summed E-state index contributed by atoms with van der Waals surface area (Å²) in [5, 5.41) is 0.610. The highest BCUT2D eigenvalue weighted by atomic mass is 35.5. The minimum Gasteiger partial charge on any atom is -0.457 e. The third-order valence-electron chi connectivity index (χ3n) is 3.76. The van der Waals surface area contributed by atoms with E-state index in [0.29, 0.717) is 22.1 Å². The number of ketones is 2. The van der Waals surface area contributed by atoms with Gasteiger partial charge in [-0.05, 0) is 55.0 Å². The van der Waals surface area contributed by atoms with Crippen molar-refractivity contribution in [3.8, 4) is 11.5 Å². The quantitative estimate of drug-likeness (QED) is 0.436. The average molecular weight is 383 g/mol. The number of carbonyl (C=O) groups is 3. The molecule has 0 saturated heterocycles. The van der Waals surface area contributed by atoms with Crippen LogP contribution in [0.1, 0.15) is 12.5 Å². The predicted octanol–water partition coefficient (Wildman–Crippen LogP) is 4.36. The number of cyclic esters (lactones) is 1. The highest BCUT2D eigenvalue weighted by Crippen LogP contribution is 2.24. The van der Waals surface area contributed by atoms with E-state index in [2.05, 4.69) is 0 Å². The third-order valence-corrected chi connectivity index (χ3v) is 4.01. The van der Waals surface area contributed by atoms with E-state index >= 15 is 0 Å². The lowest BCUT2D eigenvalue weighted by Gasteiger charge is -2.15. The molecule has 0 N–H and O–H groups in total. The van der Waals surface area contributed by atoms with Crippen LogP contribution >= 0.6 is 11.6 Å². The zero-order valence-electron chi connectivity index (χ0n) is 14.3. The van der Waals surface area contributed by atoms with Crippen molar-refractivity contribution < 1.29 is 23.9 Å². The van der Waals surface area contributed by atoms with Crippen LogP contribution in [-0.2, 0) is 19.1 Å². The molecule has 1 unspecified atom stereocenters. The second-order valence-corrected chi connectivity index (χ2v) is 6.31. The summed E-state index contributed by atoms with van der Waals surface area (Å²) in [6.45, 7) is 1.48. The molecule has 0 amide bonds. The number of benzene rings is 2. The Kier molecular flexibility index (Phi) is 5.52. The normalized spacial score (nSPS) is 16.8. The lowest BCUT2D eigenvalue weighted by atomic mass is 9.96. The van der Waals surface area contributed by atoms with Crippen LogP contribution in [0.2, 0.25) is 5.02 Å². The molecule has 1 atom stereocenters. The minimum atomic E-state index is -1.45. The number of carbonyl (C=O) groups excluding carboxylic acids is 3. The first kappa shape index (κ1) is 18.6. The van der Waals surface area contributed by atoms with E-state index in [9.17, 15) is 14.4 Å². The molecule has 3 rings (SSSR count). The number of ether oxygens (including phenoxy) is 2. The molecule has 0 aliphatic carbocycles. The fraction of sp³-hybridized carbons (Fsp3) is 0.0952. The molecule has 2 aromatic carbocycles.